The van der Waals surface area contributed by atoms with Crippen LogP contribution < -0.4 is 15.4 Å². The van der Waals surface area contributed by atoms with Gasteiger partial charge in [-0.3, -0.25) is 14.5 Å². The van der Waals surface area contributed by atoms with E-state index in [1.807, 2.05) is 0 Å². The second-order valence-electron chi connectivity index (χ2n) is 5.96. The number of para-hydroxylation sites is 1. The van der Waals surface area contributed by atoms with Crippen molar-refractivity contribution in [1.82, 2.24) is 4.90 Å². The number of carbonyl (C=O) groups is 2. The van der Waals surface area contributed by atoms with E-state index in [0.717, 1.165) is 0 Å². The minimum Gasteiger partial charge on any atom is -0.497 e. The molecule has 0 saturated heterocycles. The van der Waals surface area contributed by atoms with Crippen molar-refractivity contribution in [2.45, 2.75) is 13.0 Å². The predicted molar refractivity (Wildman–Crippen MR) is 109 cm³/mol. The molecular formula is C19H21Cl2N3O3. The average molecular weight is 410 g/mol. The van der Waals surface area contributed by atoms with Gasteiger partial charge in [-0.05, 0) is 38.2 Å². The minimum atomic E-state index is -0.538. The number of rotatable bonds is 7. The van der Waals surface area contributed by atoms with E-state index in [4.69, 9.17) is 27.9 Å². The summed E-state index contributed by atoms with van der Waals surface area (Å²) in [6, 6.07) is 11.5. The van der Waals surface area contributed by atoms with Crippen LogP contribution in [0.1, 0.15) is 6.92 Å². The Morgan fingerprint density at radius 3 is 2.37 bits per heavy atom. The van der Waals surface area contributed by atoms with Crippen molar-refractivity contribution in [3.8, 4) is 5.75 Å². The van der Waals surface area contributed by atoms with E-state index in [2.05, 4.69) is 10.6 Å². The zero-order valence-electron chi connectivity index (χ0n) is 15.3. The molecule has 0 aliphatic carbocycles. The van der Waals surface area contributed by atoms with Crippen LogP contribution in [0.15, 0.2) is 42.5 Å². The van der Waals surface area contributed by atoms with Crippen LogP contribution in [0.3, 0.4) is 0 Å². The Morgan fingerprint density at radius 1 is 1.11 bits per heavy atom. The minimum absolute atomic E-state index is 0.00570. The largest absolute Gasteiger partial charge is 0.497 e. The highest BCUT2D eigenvalue weighted by molar-refractivity contribution is 6.39. The number of methoxy groups -OCH3 is 1. The molecule has 2 amide bonds. The van der Waals surface area contributed by atoms with Gasteiger partial charge in [-0.2, -0.15) is 0 Å². The molecule has 0 aliphatic rings. The molecule has 144 valence electrons. The first-order chi connectivity index (χ1) is 12.8. The molecule has 0 spiro atoms. The lowest BCUT2D eigenvalue weighted by molar-refractivity contribution is -0.122. The molecule has 1 atom stereocenters. The third kappa shape index (κ3) is 5.85. The third-order valence-electron chi connectivity index (χ3n) is 4.00. The van der Waals surface area contributed by atoms with Gasteiger partial charge in [0.15, 0.2) is 0 Å². The van der Waals surface area contributed by atoms with Crippen LogP contribution in [0.4, 0.5) is 11.4 Å². The summed E-state index contributed by atoms with van der Waals surface area (Å²) < 4.78 is 5.14. The summed E-state index contributed by atoms with van der Waals surface area (Å²) in [6.45, 7) is 1.71. The molecule has 27 heavy (non-hydrogen) atoms. The maximum atomic E-state index is 12.4. The molecule has 2 rings (SSSR count). The number of anilines is 2. The number of hydrogen-bond donors (Lipinski definition) is 2. The number of carbonyl (C=O) groups excluding carboxylic acids is 2. The van der Waals surface area contributed by atoms with Gasteiger partial charge >= 0.3 is 0 Å². The quantitative estimate of drug-likeness (QED) is 0.727. The van der Waals surface area contributed by atoms with Crippen LogP contribution >= 0.6 is 23.2 Å². The highest BCUT2D eigenvalue weighted by atomic mass is 35.5. The standard InChI is InChI=1S/C19H21Cl2N3O3/c1-12(19(26)22-13-6-4-7-14(10-13)27-3)24(2)11-17(25)23-18-15(20)8-5-9-16(18)21/h4-10,12H,11H2,1-3H3,(H,22,26)(H,23,25)/t12-/m0/s1. The summed E-state index contributed by atoms with van der Waals surface area (Å²) in [4.78, 5) is 26.3. The molecule has 0 aromatic heterocycles. The van der Waals surface area contributed by atoms with E-state index >= 15 is 0 Å². The fraction of sp³-hybridized carbons (Fsp3) is 0.263. The number of nitrogens with one attached hydrogen (secondary N) is 2. The van der Waals surface area contributed by atoms with E-state index in [1.165, 1.54) is 0 Å². The van der Waals surface area contributed by atoms with Gasteiger partial charge in [-0.1, -0.05) is 35.3 Å². The fourth-order valence-corrected chi connectivity index (χ4v) is 2.80. The maximum Gasteiger partial charge on any atom is 0.241 e. The molecule has 2 aromatic rings. The predicted octanol–water partition coefficient (Wildman–Crippen LogP) is 3.90. The van der Waals surface area contributed by atoms with E-state index in [9.17, 15) is 9.59 Å². The molecule has 0 unspecified atom stereocenters. The van der Waals surface area contributed by atoms with Crippen LogP contribution in [0.25, 0.3) is 0 Å². The summed E-state index contributed by atoms with van der Waals surface area (Å²) in [5.41, 5.74) is 0.972. The number of likely N-dealkylation sites (N-methyl/N-ethyl adjacent to an activating group) is 1. The van der Waals surface area contributed by atoms with Crippen molar-refractivity contribution in [3.63, 3.8) is 0 Å². The molecular weight excluding hydrogens is 389 g/mol. The number of amides is 2. The SMILES string of the molecule is COc1cccc(NC(=O)[C@H](C)N(C)CC(=O)Nc2c(Cl)cccc2Cl)c1. The third-order valence-corrected chi connectivity index (χ3v) is 4.63. The molecule has 2 N–H and O–H groups in total. The van der Waals surface area contributed by atoms with Gasteiger partial charge in [0.1, 0.15) is 5.75 Å². The van der Waals surface area contributed by atoms with Gasteiger partial charge in [0, 0.05) is 11.8 Å². The highest BCUT2D eigenvalue weighted by Gasteiger charge is 2.21. The summed E-state index contributed by atoms with van der Waals surface area (Å²) in [6.07, 6.45) is 0. The van der Waals surface area contributed by atoms with E-state index in [0.29, 0.717) is 27.2 Å². The average Bonchev–Trinajstić information content (AvgIpc) is 2.64. The van der Waals surface area contributed by atoms with Crippen molar-refractivity contribution >= 4 is 46.4 Å². The van der Waals surface area contributed by atoms with Gasteiger partial charge in [0.05, 0.1) is 35.4 Å². The summed E-state index contributed by atoms with van der Waals surface area (Å²) in [7, 11) is 3.24. The Hall–Kier alpha value is -2.28. The van der Waals surface area contributed by atoms with E-state index < -0.39 is 6.04 Å². The van der Waals surface area contributed by atoms with Gasteiger partial charge in [-0.15, -0.1) is 0 Å². The Morgan fingerprint density at radius 2 is 1.74 bits per heavy atom. The first-order valence-electron chi connectivity index (χ1n) is 8.21. The van der Waals surface area contributed by atoms with Crippen molar-refractivity contribution in [3.05, 3.63) is 52.5 Å². The molecule has 0 radical (unpaired) electrons. The van der Waals surface area contributed by atoms with Crippen molar-refractivity contribution in [2.75, 3.05) is 31.3 Å². The van der Waals surface area contributed by atoms with Crippen LogP contribution in [-0.4, -0.2) is 43.5 Å². The Labute approximate surface area is 168 Å². The molecule has 8 heteroatoms. The lowest BCUT2D eigenvalue weighted by atomic mass is 10.2. The first-order valence-corrected chi connectivity index (χ1v) is 8.96. The zero-order valence-corrected chi connectivity index (χ0v) is 16.8. The summed E-state index contributed by atoms with van der Waals surface area (Å²) in [5.74, 6) is 0.0765. The topological polar surface area (TPSA) is 70.7 Å². The lowest BCUT2D eigenvalue weighted by Gasteiger charge is -2.23. The zero-order chi connectivity index (χ0) is 20.0. The van der Waals surface area contributed by atoms with Crippen molar-refractivity contribution < 1.29 is 14.3 Å². The maximum absolute atomic E-state index is 12.4. The fourth-order valence-electron chi connectivity index (χ4n) is 2.31. The van der Waals surface area contributed by atoms with Crippen LogP contribution in [-0.2, 0) is 9.59 Å². The van der Waals surface area contributed by atoms with Gasteiger partial charge in [-0.25, -0.2) is 0 Å². The Bertz CT molecular complexity index is 809. The molecule has 6 nitrogen and oxygen atoms in total. The van der Waals surface area contributed by atoms with E-state index in [1.54, 1.807) is 68.4 Å². The number of benzene rings is 2. The smallest absolute Gasteiger partial charge is 0.241 e. The van der Waals surface area contributed by atoms with Crippen LogP contribution in [0, 0.1) is 0 Å². The summed E-state index contributed by atoms with van der Waals surface area (Å²) in [5, 5.41) is 6.18. The molecule has 0 bridgehead atoms. The first kappa shape index (κ1) is 21.0. The van der Waals surface area contributed by atoms with Crippen molar-refractivity contribution in [2.24, 2.45) is 0 Å². The number of nitrogens with zero attached hydrogens (tertiary/aromatic N) is 1. The lowest BCUT2D eigenvalue weighted by Crippen LogP contribution is -2.43. The van der Waals surface area contributed by atoms with Gasteiger partial charge < -0.3 is 15.4 Å². The number of halogens is 2. The molecule has 0 fully saturated rings. The Balaban J connectivity index is 1.94. The van der Waals surface area contributed by atoms with Crippen molar-refractivity contribution in [1.29, 1.82) is 0 Å². The summed E-state index contributed by atoms with van der Waals surface area (Å²) >= 11 is 12.1. The monoisotopic (exact) mass is 409 g/mol. The molecule has 0 aliphatic heterocycles. The number of ether oxygens (including phenoxy) is 1. The second-order valence-corrected chi connectivity index (χ2v) is 6.77. The Kier molecular flexibility index (Phi) is 7.47. The van der Waals surface area contributed by atoms with Crippen LogP contribution in [0.5, 0.6) is 5.75 Å². The van der Waals surface area contributed by atoms with Gasteiger partial charge in [0.2, 0.25) is 11.8 Å². The number of hydrogen-bond acceptors (Lipinski definition) is 4. The van der Waals surface area contributed by atoms with Gasteiger partial charge in [0.25, 0.3) is 0 Å². The van der Waals surface area contributed by atoms with E-state index in [-0.39, 0.29) is 18.4 Å². The molecule has 0 saturated carbocycles. The second kappa shape index (κ2) is 9.60. The highest BCUT2D eigenvalue weighted by Crippen LogP contribution is 2.29. The normalized spacial score (nSPS) is 11.8. The van der Waals surface area contributed by atoms with Crippen LogP contribution in [0.2, 0.25) is 10.0 Å². The molecule has 0 heterocycles. The molecule has 2 aromatic carbocycles.